The fourth-order valence-corrected chi connectivity index (χ4v) is 4.09. The van der Waals surface area contributed by atoms with Gasteiger partial charge in [0, 0.05) is 0 Å². The van der Waals surface area contributed by atoms with Gasteiger partial charge in [0.05, 0.1) is 12.2 Å². The van der Waals surface area contributed by atoms with Crippen LogP contribution in [0.1, 0.15) is 25.7 Å². The van der Waals surface area contributed by atoms with Gasteiger partial charge in [0.25, 0.3) is 0 Å². The predicted molar refractivity (Wildman–Crippen MR) is 66.0 cm³/mol. The van der Waals surface area contributed by atoms with Crippen molar-refractivity contribution in [2.45, 2.75) is 64.1 Å². The lowest BCUT2D eigenvalue weighted by Gasteiger charge is -2.34. The molecule has 4 heteroatoms. The van der Waals surface area contributed by atoms with Gasteiger partial charge in [-0.3, -0.25) is 0 Å². The highest BCUT2D eigenvalue weighted by molar-refractivity contribution is 6.49. The second kappa shape index (κ2) is 6.05. The SMILES string of the molecule is C[SiH](C)OC1CCCCC1O[SiH](C)C. The fraction of sp³-hybridized carbons (Fsp3) is 1.00. The molecule has 84 valence electrons. The normalized spacial score (nSPS) is 28.7. The highest BCUT2D eigenvalue weighted by Gasteiger charge is 2.27. The number of hydrogen-bond donors (Lipinski definition) is 0. The zero-order valence-electron chi connectivity index (χ0n) is 9.95. The summed E-state index contributed by atoms with van der Waals surface area (Å²) in [6.07, 6.45) is 5.93. The van der Waals surface area contributed by atoms with Crippen molar-refractivity contribution in [1.82, 2.24) is 0 Å². The highest BCUT2D eigenvalue weighted by Crippen LogP contribution is 2.24. The molecule has 0 amide bonds. The summed E-state index contributed by atoms with van der Waals surface area (Å²) in [6.45, 7) is 8.99. The van der Waals surface area contributed by atoms with Crippen LogP contribution >= 0.6 is 0 Å². The average molecular weight is 232 g/mol. The molecule has 0 saturated heterocycles. The minimum Gasteiger partial charge on any atom is -0.415 e. The summed E-state index contributed by atoms with van der Waals surface area (Å²) in [5, 5.41) is 0. The van der Waals surface area contributed by atoms with Crippen molar-refractivity contribution in [1.29, 1.82) is 0 Å². The lowest BCUT2D eigenvalue weighted by molar-refractivity contribution is 0.0214. The first-order valence-corrected chi connectivity index (χ1v) is 11.5. The van der Waals surface area contributed by atoms with Gasteiger partial charge in [0.2, 0.25) is 0 Å². The summed E-state index contributed by atoms with van der Waals surface area (Å²) >= 11 is 0. The molecule has 1 fully saturated rings. The van der Waals surface area contributed by atoms with Crippen molar-refractivity contribution in [3.63, 3.8) is 0 Å². The van der Waals surface area contributed by atoms with E-state index in [-0.39, 0.29) is 0 Å². The van der Waals surface area contributed by atoms with E-state index in [0.29, 0.717) is 12.2 Å². The van der Waals surface area contributed by atoms with Gasteiger partial charge in [-0.05, 0) is 39.0 Å². The van der Waals surface area contributed by atoms with E-state index >= 15 is 0 Å². The fourth-order valence-electron chi connectivity index (χ4n) is 2.07. The molecule has 0 N–H and O–H groups in total. The van der Waals surface area contributed by atoms with E-state index in [4.69, 9.17) is 8.85 Å². The summed E-state index contributed by atoms with van der Waals surface area (Å²) < 4.78 is 12.1. The highest BCUT2D eigenvalue weighted by atomic mass is 28.3. The summed E-state index contributed by atoms with van der Waals surface area (Å²) in [5.41, 5.74) is 0. The van der Waals surface area contributed by atoms with Gasteiger partial charge in [-0.25, -0.2) is 0 Å². The molecule has 0 radical (unpaired) electrons. The standard InChI is InChI=1S/C10H24O2Si2/c1-13(2)11-9-7-5-6-8-10(9)12-14(3)4/h9-10,13-14H,5-8H2,1-4H3. The Kier molecular flexibility index (Phi) is 5.37. The quantitative estimate of drug-likeness (QED) is 0.693. The molecule has 0 aromatic heterocycles. The second-order valence-electron chi connectivity index (χ2n) is 4.73. The van der Waals surface area contributed by atoms with Gasteiger partial charge >= 0.3 is 0 Å². The van der Waals surface area contributed by atoms with Crippen molar-refractivity contribution >= 4 is 18.1 Å². The van der Waals surface area contributed by atoms with E-state index < -0.39 is 18.1 Å². The maximum atomic E-state index is 6.04. The molecular formula is C10H24O2Si2. The summed E-state index contributed by atoms with van der Waals surface area (Å²) in [7, 11) is -1.78. The van der Waals surface area contributed by atoms with Crippen molar-refractivity contribution < 1.29 is 8.85 Å². The topological polar surface area (TPSA) is 18.5 Å². The molecule has 0 aromatic rings. The van der Waals surface area contributed by atoms with E-state index in [1.807, 2.05) is 0 Å². The average Bonchev–Trinajstić information content (AvgIpc) is 2.06. The molecule has 0 spiro atoms. The van der Waals surface area contributed by atoms with Crippen molar-refractivity contribution in [2.24, 2.45) is 0 Å². The molecule has 2 unspecified atom stereocenters. The first-order chi connectivity index (χ1) is 6.59. The molecule has 0 bridgehead atoms. The van der Waals surface area contributed by atoms with E-state index in [1.54, 1.807) is 0 Å². The third-order valence-electron chi connectivity index (χ3n) is 2.54. The minimum absolute atomic E-state index is 0.422. The first kappa shape index (κ1) is 12.4. The lowest BCUT2D eigenvalue weighted by Crippen LogP contribution is -2.39. The van der Waals surface area contributed by atoms with E-state index in [9.17, 15) is 0 Å². The molecule has 2 atom stereocenters. The third kappa shape index (κ3) is 4.25. The molecule has 0 aliphatic heterocycles. The largest absolute Gasteiger partial charge is 0.415 e. The van der Waals surface area contributed by atoms with Gasteiger partial charge < -0.3 is 8.85 Å². The van der Waals surface area contributed by atoms with Crippen LogP contribution in [0, 0.1) is 0 Å². The van der Waals surface area contributed by atoms with Crippen molar-refractivity contribution in [3.8, 4) is 0 Å². The Balaban J connectivity index is 2.41. The van der Waals surface area contributed by atoms with E-state index in [2.05, 4.69) is 26.2 Å². The van der Waals surface area contributed by atoms with Crippen LogP contribution in [0.2, 0.25) is 26.2 Å². The van der Waals surface area contributed by atoms with E-state index in [0.717, 1.165) is 0 Å². The van der Waals surface area contributed by atoms with Gasteiger partial charge in [-0.1, -0.05) is 12.8 Å². The molecule has 0 heterocycles. The van der Waals surface area contributed by atoms with Gasteiger partial charge in [-0.15, -0.1) is 0 Å². The third-order valence-corrected chi connectivity index (χ3v) is 4.32. The van der Waals surface area contributed by atoms with Crippen LogP contribution in [-0.4, -0.2) is 30.3 Å². The first-order valence-electron chi connectivity index (χ1n) is 5.90. The minimum atomic E-state index is -0.892. The van der Waals surface area contributed by atoms with Crippen LogP contribution in [0.5, 0.6) is 0 Å². The van der Waals surface area contributed by atoms with Gasteiger partial charge in [0.15, 0.2) is 18.1 Å². The van der Waals surface area contributed by atoms with Crippen molar-refractivity contribution in [3.05, 3.63) is 0 Å². The van der Waals surface area contributed by atoms with Crippen molar-refractivity contribution in [2.75, 3.05) is 0 Å². The lowest BCUT2D eigenvalue weighted by atomic mass is 9.95. The zero-order valence-corrected chi connectivity index (χ0v) is 12.3. The Morgan fingerprint density at radius 2 is 1.14 bits per heavy atom. The Labute approximate surface area is 91.4 Å². The van der Waals surface area contributed by atoms with E-state index in [1.165, 1.54) is 25.7 Å². The molecule has 0 aromatic carbocycles. The predicted octanol–water partition coefficient (Wildman–Crippen LogP) is 2.30. The molecule has 1 rings (SSSR count). The second-order valence-corrected chi connectivity index (χ2v) is 9.47. The molecule has 1 aliphatic carbocycles. The molecule has 2 nitrogen and oxygen atoms in total. The number of rotatable bonds is 4. The zero-order chi connectivity index (χ0) is 10.6. The van der Waals surface area contributed by atoms with Crippen LogP contribution in [0.3, 0.4) is 0 Å². The molecule has 1 aliphatic rings. The van der Waals surface area contributed by atoms with Crippen LogP contribution in [0.4, 0.5) is 0 Å². The molecule has 14 heavy (non-hydrogen) atoms. The molecule has 1 saturated carbocycles. The van der Waals surface area contributed by atoms with Crippen LogP contribution in [0.25, 0.3) is 0 Å². The smallest absolute Gasteiger partial charge is 0.171 e. The maximum Gasteiger partial charge on any atom is 0.171 e. The molecular weight excluding hydrogens is 208 g/mol. The Morgan fingerprint density at radius 3 is 1.43 bits per heavy atom. The van der Waals surface area contributed by atoms with Crippen LogP contribution in [0.15, 0.2) is 0 Å². The summed E-state index contributed by atoms with van der Waals surface area (Å²) in [5.74, 6) is 0. The number of hydrogen-bond acceptors (Lipinski definition) is 2. The maximum absolute atomic E-state index is 6.04. The van der Waals surface area contributed by atoms with Crippen LogP contribution in [-0.2, 0) is 8.85 Å². The Bertz CT molecular complexity index is 144. The Morgan fingerprint density at radius 1 is 0.786 bits per heavy atom. The summed E-state index contributed by atoms with van der Waals surface area (Å²) in [4.78, 5) is 0. The van der Waals surface area contributed by atoms with Gasteiger partial charge in [0.1, 0.15) is 0 Å². The summed E-state index contributed by atoms with van der Waals surface area (Å²) in [6, 6.07) is 0. The van der Waals surface area contributed by atoms with Crippen LogP contribution < -0.4 is 0 Å². The monoisotopic (exact) mass is 232 g/mol. The van der Waals surface area contributed by atoms with Gasteiger partial charge in [-0.2, -0.15) is 0 Å². The Hall–Kier alpha value is 0.354.